The van der Waals surface area contributed by atoms with Crippen LogP contribution in [-0.2, 0) is 17.8 Å². The zero-order valence-corrected chi connectivity index (χ0v) is 16.1. The molecular weight excluding hydrogens is 364 g/mol. The van der Waals surface area contributed by atoms with Crippen molar-refractivity contribution in [1.29, 1.82) is 5.26 Å². The molecule has 0 aliphatic carbocycles. The Morgan fingerprint density at radius 3 is 2.67 bits per heavy atom. The molecule has 0 spiro atoms. The van der Waals surface area contributed by atoms with Crippen molar-refractivity contribution in [3.8, 4) is 17.6 Å². The summed E-state index contributed by atoms with van der Waals surface area (Å²) in [5.74, 6) is 0.737. The quantitative estimate of drug-likeness (QED) is 0.618. The van der Waals surface area contributed by atoms with Crippen LogP contribution in [0.2, 0.25) is 5.02 Å². The SMILES string of the molecule is CCOc1cc(CNC(=O)CC#N)cc(Cl)c1OCCCc1ccccc1. The lowest BCUT2D eigenvalue weighted by molar-refractivity contribution is -0.120. The number of benzene rings is 2. The first kappa shape index (κ1) is 20.6. The third kappa shape index (κ3) is 6.84. The van der Waals surface area contributed by atoms with E-state index in [1.54, 1.807) is 12.1 Å². The lowest BCUT2D eigenvalue weighted by atomic mass is 10.1. The molecule has 0 fully saturated rings. The number of aryl methyl sites for hydroxylation is 1. The number of halogens is 1. The predicted octanol–water partition coefficient (Wildman–Crippen LogP) is 4.28. The van der Waals surface area contributed by atoms with E-state index in [-0.39, 0.29) is 18.9 Å². The van der Waals surface area contributed by atoms with E-state index in [0.717, 1.165) is 18.4 Å². The van der Waals surface area contributed by atoms with Gasteiger partial charge in [-0.15, -0.1) is 0 Å². The van der Waals surface area contributed by atoms with Crippen molar-refractivity contribution in [3.05, 3.63) is 58.6 Å². The molecule has 5 nitrogen and oxygen atoms in total. The Bertz CT molecular complexity index is 788. The third-order valence-electron chi connectivity index (χ3n) is 3.80. The summed E-state index contributed by atoms with van der Waals surface area (Å²) in [5.41, 5.74) is 2.05. The van der Waals surface area contributed by atoms with Crippen molar-refractivity contribution in [2.24, 2.45) is 0 Å². The van der Waals surface area contributed by atoms with Gasteiger partial charge in [-0.3, -0.25) is 4.79 Å². The summed E-state index contributed by atoms with van der Waals surface area (Å²) in [4.78, 5) is 11.4. The maximum atomic E-state index is 11.4. The molecule has 6 heteroatoms. The number of nitrogens with zero attached hydrogens (tertiary/aromatic N) is 1. The van der Waals surface area contributed by atoms with Gasteiger partial charge in [-0.05, 0) is 43.0 Å². The normalized spacial score (nSPS) is 10.1. The number of rotatable bonds is 10. The molecule has 27 heavy (non-hydrogen) atoms. The van der Waals surface area contributed by atoms with Crippen LogP contribution >= 0.6 is 11.6 Å². The van der Waals surface area contributed by atoms with E-state index in [4.69, 9.17) is 26.3 Å². The van der Waals surface area contributed by atoms with E-state index < -0.39 is 0 Å². The van der Waals surface area contributed by atoms with Gasteiger partial charge in [-0.2, -0.15) is 5.26 Å². The highest BCUT2D eigenvalue weighted by Crippen LogP contribution is 2.36. The average molecular weight is 387 g/mol. The third-order valence-corrected chi connectivity index (χ3v) is 4.08. The minimum atomic E-state index is -0.326. The number of nitriles is 1. The number of amides is 1. The fraction of sp³-hybridized carbons (Fsp3) is 0.333. The molecule has 0 atom stereocenters. The van der Waals surface area contributed by atoms with Gasteiger partial charge in [0, 0.05) is 6.54 Å². The Hall–Kier alpha value is -2.71. The van der Waals surface area contributed by atoms with Gasteiger partial charge in [0.1, 0.15) is 6.42 Å². The topological polar surface area (TPSA) is 71.3 Å². The molecule has 0 heterocycles. The zero-order valence-electron chi connectivity index (χ0n) is 15.3. The van der Waals surface area contributed by atoms with Crippen LogP contribution in [0.25, 0.3) is 0 Å². The van der Waals surface area contributed by atoms with Crippen LogP contribution in [0.3, 0.4) is 0 Å². The van der Waals surface area contributed by atoms with Crippen LogP contribution in [-0.4, -0.2) is 19.1 Å². The molecule has 0 saturated carbocycles. The Morgan fingerprint density at radius 2 is 1.96 bits per heavy atom. The monoisotopic (exact) mass is 386 g/mol. The van der Waals surface area contributed by atoms with Crippen molar-refractivity contribution in [2.75, 3.05) is 13.2 Å². The van der Waals surface area contributed by atoms with Gasteiger partial charge in [0.25, 0.3) is 0 Å². The van der Waals surface area contributed by atoms with E-state index in [0.29, 0.717) is 29.7 Å². The number of carbonyl (C=O) groups excluding carboxylic acids is 1. The molecule has 1 N–H and O–H groups in total. The molecular formula is C21H23ClN2O3. The van der Waals surface area contributed by atoms with Crippen molar-refractivity contribution in [3.63, 3.8) is 0 Å². The smallest absolute Gasteiger partial charge is 0.234 e. The van der Waals surface area contributed by atoms with E-state index >= 15 is 0 Å². The first-order valence-corrected chi connectivity index (χ1v) is 9.27. The van der Waals surface area contributed by atoms with Gasteiger partial charge in [0.2, 0.25) is 5.91 Å². The lowest BCUT2D eigenvalue weighted by Gasteiger charge is -2.15. The van der Waals surface area contributed by atoms with Crippen molar-refractivity contribution in [1.82, 2.24) is 5.32 Å². The lowest BCUT2D eigenvalue weighted by Crippen LogP contribution is -2.21. The Balaban J connectivity index is 1.97. The highest BCUT2D eigenvalue weighted by Gasteiger charge is 2.13. The second-order valence-electron chi connectivity index (χ2n) is 5.89. The second kappa shape index (κ2) is 11.1. The molecule has 0 bridgehead atoms. The van der Waals surface area contributed by atoms with Crippen LogP contribution < -0.4 is 14.8 Å². The first-order valence-electron chi connectivity index (χ1n) is 8.89. The molecule has 0 unspecified atom stereocenters. The second-order valence-corrected chi connectivity index (χ2v) is 6.29. The molecule has 2 rings (SSSR count). The summed E-state index contributed by atoms with van der Waals surface area (Å²) in [5, 5.41) is 11.6. The molecule has 0 aliphatic rings. The van der Waals surface area contributed by atoms with Crippen LogP contribution in [0.15, 0.2) is 42.5 Å². The summed E-state index contributed by atoms with van der Waals surface area (Å²) in [6, 6.07) is 15.6. The van der Waals surface area contributed by atoms with Crippen LogP contribution in [0.5, 0.6) is 11.5 Å². The summed E-state index contributed by atoms with van der Waals surface area (Å²) < 4.78 is 11.5. The Labute approximate surface area is 164 Å². The molecule has 0 aliphatic heterocycles. The number of nitrogens with one attached hydrogen (secondary N) is 1. The van der Waals surface area contributed by atoms with Gasteiger partial charge < -0.3 is 14.8 Å². The molecule has 0 saturated heterocycles. The van der Waals surface area contributed by atoms with Gasteiger partial charge in [0.15, 0.2) is 11.5 Å². The van der Waals surface area contributed by atoms with Crippen molar-refractivity contribution in [2.45, 2.75) is 32.7 Å². The van der Waals surface area contributed by atoms with Gasteiger partial charge >= 0.3 is 0 Å². The van der Waals surface area contributed by atoms with Crippen molar-refractivity contribution < 1.29 is 14.3 Å². The largest absolute Gasteiger partial charge is 0.490 e. The number of hydrogen-bond acceptors (Lipinski definition) is 4. The summed E-state index contributed by atoms with van der Waals surface area (Å²) in [7, 11) is 0. The van der Waals surface area contributed by atoms with Gasteiger partial charge in [-0.25, -0.2) is 0 Å². The number of hydrogen-bond donors (Lipinski definition) is 1. The van der Waals surface area contributed by atoms with E-state index in [2.05, 4.69) is 17.4 Å². The highest BCUT2D eigenvalue weighted by atomic mass is 35.5. The van der Waals surface area contributed by atoms with E-state index in [1.165, 1.54) is 5.56 Å². The van der Waals surface area contributed by atoms with Crippen LogP contribution in [0, 0.1) is 11.3 Å². The Kier molecular flexibility index (Phi) is 8.47. The molecule has 0 radical (unpaired) electrons. The standard InChI is InChI=1S/C21H23ClN2O3/c1-2-26-19-14-17(15-24-20(25)10-11-23)13-18(22)21(19)27-12-6-9-16-7-4-3-5-8-16/h3-5,7-8,13-14H,2,6,9-10,12,15H2,1H3,(H,24,25). The Morgan fingerprint density at radius 1 is 1.19 bits per heavy atom. The molecule has 2 aromatic carbocycles. The average Bonchev–Trinajstić information content (AvgIpc) is 2.66. The first-order chi connectivity index (χ1) is 13.1. The fourth-order valence-corrected chi connectivity index (χ4v) is 2.84. The summed E-state index contributed by atoms with van der Waals surface area (Å²) in [6.07, 6.45) is 1.61. The van der Waals surface area contributed by atoms with E-state index in [1.807, 2.05) is 31.2 Å². The summed E-state index contributed by atoms with van der Waals surface area (Å²) in [6.45, 7) is 3.15. The fourth-order valence-electron chi connectivity index (χ4n) is 2.56. The molecule has 2 aromatic rings. The maximum Gasteiger partial charge on any atom is 0.234 e. The van der Waals surface area contributed by atoms with Crippen LogP contribution in [0.4, 0.5) is 0 Å². The highest BCUT2D eigenvalue weighted by molar-refractivity contribution is 6.32. The van der Waals surface area contributed by atoms with Gasteiger partial charge in [-0.1, -0.05) is 41.9 Å². The molecule has 1 amide bonds. The van der Waals surface area contributed by atoms with Gasteiger partial charge in [0.05, 0.1) is 24.3 Å². The number of ether oxygens (including phenoxy) is 2. The minimum Gasteiger partial charge on any atom is -0.490 e. The van der Waals surface area contributed by atoms with Crippen LogP contribution in [0.1, 0.15) is 30.9 Å². The van der Waals surface area contributed by atoms with E-state index in [9.17, 15) is 4.79 Å². The summed E-state index contributed by atoms with van der Waals surface area (Å²) >= 11 is 6.37. The number of carbonyl (C=O) groups is 1. The van der Waals surface area contributed by atoms with Crippen molar-refractivity contribution >= 4 is 17.5 Å². The predicted molar refractivity (Wildman–Crippen MR) is 105 cm³/mol. The molecule has 0 aromatic heterocycles. The maximum absolute atomic E-state index is 11.4. The zero-order chi connectivity index (χ0) is 19.5. The molecule has 142 valence electrons. The minimum absolute atomic E-state index is 0.172.